The number of aliphatic imine (C=N–C) groups is 1. The van der Waals surface area contributed by atoms with Gasteiger partial charge in [0.05, 0.1) is 11.5 Å². The second kappa shape index (κ2) is 11.8. The van der Waals surface area contributed by atoms with Crippen molar-refractivity contribution in [1.82, 2.24) is 16.0 Å². The van der Waals surface area contributed by atoms with Crippen molar-refractivity contribution in [3.8, 4) is 0 Å². The zero-order chi connectivity index (χ0) is 19.0. The van der Waals surface area contributed by atoms with E-state index in [2.05, 4.69) is 36.9 Å². The molecule has 7 nitrogen and oxygen atoms in total. The standard InChI is InChI=1S/C17H25BrN4O3S.HI/c1-2-19-17(22-15-8-11-26(24,25)12-15)21-10-3-9-20-16(23)13-4-6-14(18)7-5-13;/h4-7,15H,2-3,8-12H2,1H3,(H,20,23)(H2,19,21,22);1H. The summed E-state index contributed by atoms with van der Waals surface area (Å²) in [6.07, 6.45) is 1.30. The van der Waals surface area contributed by atoms with Crippen LogP contribution in [0, 0.1) is 0 Å². The molecule has 1 aliphatic heterocycles. The highest BCUT2D eigenvalue weighted by molar-refractivity contribution is 14.0. The van der Waals surface area contributed by atoms with Crippen molar-refractivity contribution in [1.29, 1.82) is 0 Å². The van der Waals surface area contributed by atoms with Crippen LogP contribution in [-0.2, 0) is 9.84 Å². The SMILES string of the molecule is CCNC(=NCCCNC(=O)c1ccc(Br)cc1)NC1CCS(=O)(=O)C1.I. The molecule has 0 bridgehead atoms. The fourth-order valence-electron chi connectivity index (χ4n) is 2.60. The summed E-state index contributed by atoms with van der Waals surface area (Å²) in [5.41, 5.74) is 0.620. The van der Waals surface area contributed by atoms with Gasteiger partial charge in [-0.05, 0) is 44.0 Å². The lowest BCUT2D eigenvalue weighted by atomic mass is 10.2. The van der Waals surface area contributed by atoms with Gasteiger partial charge < -0.3 is 16.0 Å². The minimum absolute atomic E-state index is 0. The number of halogens is 2. The van der Waals surface area contributed by atoms with Gasteiger partial charge in [0.25, 0.3) is 5.91 Å². The maximum absolute atomic E-state index is 12.0. The van der Waals surface area contributed by atoms with Gasteiger partial charge in [-0.2, -0.15) is 0 Å². The van der Waals surface area contributed by atoms with Gasteiger partial charge in [0.2, 0.25) is 0 Å². The summed E-state index contributed by atoms with van der Waals surface area (Å²) in [7, 11) is -2.92. The lowest BCUT2D eigenvalue weighted by Crippen LogP contribution is -2.44. The van der Waals surface area contributed by atoms with Crippen LogP contribution in [0.15, 0.2) is 33.7 Å². The van der Waals surface area contributed by atoms with Crippen LogP contribution in [0.4, 0.5) is 0 Å². The van der Waals surface area contributed by atoms with Crippen LogP contribution in [0.1, 0.15) is 30.1 Å². The fourth-order valence-corrected chi connectivity index (χ4v) is 4.54. The highest BCUT2D eigenvalue weighted by atomic mass is 127. The summed E-state index contributed by atoms with van der Waals surface area (Å²) in [4.78, 5) is 16.5. The predicted molar refractivity (Wildman–Crippen MR) is 123 cm³/mol. The van der Waals surface area contributed by atoms with Crippen molar-refractivity contribution in [3.05, 3.63) is 34.3 Å². The zero-order valence-electron chi connectivity index (χ0n) is 15.2. The molecule has 1 atom stereocenters. The first-order chi connectivity index (χ1) is 12.4. The molecule has 1 aliphatic rings. The van der Waals surface area contributed by atoms with Crippen LogP contribution in [0.25, 0.3) is 0 Å². The monoisotopic (exact) mass is 572 g/mol. The smallest absolute Gasteiger partial charge is 0.251 e. The molecule has 27 heavy (non-hydrogen) atoms. The molecule has 1 amide bonds. The van der Waals surface area contributed by atoms with Gasteiger partial charge in [-0.15, -0.1) is 24.0 Å². The summed E-state index contributed by atoms with van der Waals surface area (Å²) in [5, 5.41) is 9.16. The Morgan fingerprint density at radius 2 is 1.96 bits per heavy atom. The Bertz CT molecular complexity index is 741. The number of hydrogen-bond acceptors (Lipinski definition) is 4. The number of nitrogens with zero attached hydrogens (tertiary/aromatic N) is 1. The first-order valence-corrected chi connectivity index (χ1v) is 11.3. The fraction of sp³-hybridized carbons (Fsp3) is 0.529. The third kappa shape index (κ3) is 8.77. The van der Waals surface area contributed by atoms with Crippen LogP contribution in [-0.4, -0.2) is 57.5 Å². The van der Waals surface area contributed by atoms with Crippen molar-refractivity contribution in [2.24, 2.45) is 4.99 Å². The Morgan fingerprint density at radius 3 is 2.56 bits per heavy atom. The highest BCUT2D eigenvalue weighted by Gasteiger charge is 2.28. The third-order valence-electron chi connectivity index (χ3n) is 3.91. The first kappa shape index (κ1) is 24.2. The number of sulfone groups is 1. The topological polar surface area (TPSA) is 99.7 Å². The average Bonchev–Trinajstić information content (AvgIpc) is 2.93. The summed E-state index contributed by atoms with van der Waals surface area (Å²) < 4.78 is 24.0. The van der Waals surface area contributed by atoms with Crippen molar-refractivity contribution >= 4 is 61.6 Å². The van der Waals surface area contributed by atoms with E-state index in [0.717, 1.165) is 4.47 Å². The maximum atomic E-state index is 12.0. The number of guanidine groups is 1. The lowest BCUT2D eigenvalue weighted by molar-refractivity contribution is 0.0953. The minimum atomic E-state index is -2.92. The molecule has 10 heteroatoms. The molecule has 0 radical (unpaired) electrons. The van der Waals surface area contributed by atoms with Gasteiger partial charge in [-0.25, -0.2) is 8.42 Å². The van der Waals surface area contributed by atoms with Gasteiger partial charge in [0.1, 0.15) is 0 Å². The van der Waals surface area contributed by atoms with E-state index in [4.69, 9.17) is 0 Å². The van der Waals surface area contributed by atoms with Gasteiger partial charge >= 0.3 is 0 Å². The van der Waals surface area contributed by atoms with Gasteiger partial charge in [-0.3, -0.25) is 9.79 Å². The van der Waals surface area contributed by atoms with Gasteiger partial charge in [0.15, 0.2) is 15.8 Å². The molecular weight excluding hydrogens is 547 g/mol. The molecular formula is C17H26BrIN4O3S. The molecule has 152 valence electrons. The molecule has 1 unspecified atom stereocenters. The number of benzene rings is 1. The Hall–Kier alpha value is -0.880. The Balaban J connectivity index is 0.00000364. The summed E-state index contributed by atoms with van der Waals surface area (Å²) in [6, 6.07) is 7.10. The summed E-state index contributed by atoms with van der Waals surface area (Å²) >= 11 is 3.34. The molecule has 3 N–H and O–H groups in total. The van der Waals surface area contributed by atoms with E-state index in [1.807, 2.05) is 19.1 Å². The molecule has 0 saturated carbocycles. The van der Waals surface area contributed by atoms with E-state index < -0.39 is 9.84 Å². The van der Waals surface area contributed by atoms with Crippen LogP contribution in [0.2, 0.25) is 0 Å². The molecule has 1 saturated heterocycles. The summed E-state index contributed by atoms with van der Waals surface area (Å²) in [6.45, 7) is 3.72. The lowest BCUT2D eigenvalue weighted by Gasteiger charge is -2.15. The number of hydrogen-bond donors (Lipinski definition) is 3. The van der Waals surface area contributed by atoms with Gasteiger partial charge in [-0.1, -0.05) is 15.9 Å². The van der Waals surface area contributed by atoms with Gasteiger partial charge in [0, 0.05) is 35.7 Å². The van der Waals surface area contributed by atoms with Crippen LogP contribution < -0.4 is 16.0 Å². The first-order valence-electron chi connectivity index (χ1n) is 8.68. The Kier molecular flexibility index (Phi) is 10.6. The Morgan fingerprint density at radius 1 is 1.26 bits per heavy atom. The Labute approximate surface area is 186 Å². The third-order valence-corrected chi connectivity index (χ3v) is 6.21. The average molecular weight is 573 g/mol. The van der Waals surface area contributed by atoms with Crippen LogP contribution in [0.5, 0.6) is 0 Å². The largest absolute Gasteiger partial charge is 0.357 e. The number of carbonyl (C=O) groups excluding carboxylic acids is 1. The molecule has 1 heterocycles. The van der Waals surface area contributed by atoms with E-state index in [0.29, 0.717) is 44.0 Å². The molecule has 0 spiro atoms. The van der Waals surface area contributed by atoms with Crippen LogP contribution >= 0.6 is 39.9 Å². The van der Waals surface area contributed by atoms with Crippen LogP contribution in [0.3, 0.4) is 0 Å². The van der Waals surface area contributed by atoms with Crippen molar-refractivity contribution < 1.29 is 13.2 Å². The second-order valence-electron chi connectivity index (χ2n) is 6.12. The zero-order valence-corrected chi connectivity index (χ0v) is 19.9. The van der Waals surface area contributed by atoms with Crippen molar-refractivity contribution in [3.63, 3.8) is 0 Å². The normalized spacial score (nSPS) is 18.4. The van der Waals surface area contributed by atoms with E-state index in [9.17, 15) is 13.2 Å². The van der Waals surface area contributed by atoms with E-state index in [-0.39, 0.29) is 47.4 Å². The quantitative estimate of drug-likeness (QED) is 0.201. The van der Waals surface area contributed by atoms with E-state index >= 15 is 0 Å². The number of carbonyl (C=O) groups is 1. The molecule has 1 fully saturated rings. The number of nitrogens with one attached hydrogen (secondary N) is 3. The predicted octanol–water partition coefficient (Wildman–Crippen LogP) is 1.93. The van der Waals surface area contributed by atoms with E-state index in [1.165, 1.54) is 0 Å². The summed E-state index contributed by atoms with van der Waals surface area (Å²) in [5.74, 6) is 0.892. The minimum Gasteiger partial charge on any atom is -0.357 e. The molecule has 0 aromatic heterocycles. The van der Waals surface area contributed by atoms with Crippen molar-refractivity contribution in [2.45, 2.75) is 25.8 Å². The van der Waals surface area contributed by atoms with Crippen molar-refractivity contribution in [2.75, 3.05) is 31.1 Å². The second-order valence-corrected chi connectivity index (χ2v) is 9.27. The van der Waals surface area contributed by atoms with E-state index in [1.54, 1.807) is 12.1 Å². The molecule has 1 aromatic carbocycles. The number of amides is 1. The number of rotatable bonds is 7. The molecule has 2 rings (SSSR count). The molecule has 0 aliphatic carbocycles. The maximum Gasteiger partial charge on any atom is 0.251 e. The highest BCUT2D eigenvalue weighted by Crippen LogP contribution is 2.11. The molecule has 1 aromatic rings.